The van der Waals surface area contributed by atoms with Crippen LogP contribution in [0.15, 0.2) is 12.1 Å². The van der Waals surface area contributed by atoms with Crippen LogP contribution in [0.2, 0.25) is 0 Å². The van der Waals surface area contributed by atoms with Crippen molar-refractivity contribution in [1.82, 2.24) is 4.98 Å². The Labute approximate surface area is 89.9 Å². The van der Waals surface area contributed by atoms with Gasteiger partial charge in [-0.3, -0.25) is 0 Å². The van der Waals surface area contributed by atoms with Gasteiger partial charge < -0.3 is 10.1 Å². The maximum absolute atomic E-state index is 9.75. The van der Waals surface area contributed by atoms with E-state index in [9.17, 15) is 5.11 Å². The maximum atomic E-state index is 9.75. The minimum atomic E-state index is -0.417. The number of aliphatic hydroxyl groups excluding tert-OH is 1. The first-order chi connectivity index (χ1) is 7.00. The van der Waals surface area contributed by atoms with Crippen LogP contribution in [0.4, 0.5) is 0 Å². The normalized spacial score (nSPS) is 13.4. The number of aliphatic hydroxyl groups is 1. The largest absolute Gasteiger partial charge is 0.389 e. The van der Waals surface area contributed by atoms with Gasteiger partial charge in [0, 0.05) is 22.2 Å². The van der Waals surface area contributed by atoms with Gasteiger partial charge in [0.05, 0.1) is 6.10 Å². The third-order valence-electron chi connectivity index (χ3n) is 2.90. The van der Waals surface area contributed by atoms with Gasteiger partial charge in [0.2, 0.25) is 0 Å². The predicted octanol–water partition coefficient (Wildman–Crippen LogP) is 3.15. The molecule has 80 valence electrons. The summed E-state index contributed by atoms with van der Waals surface area (Å²) in [5, 5.41) is 10.9. The Morgan fingerprint density at radius 2 is 1.87 bits per heavy atom. The maximum Gasteiger partial charge on any atom is 0.0785 e. The van der Waals surface area contributed by atoms with E-state index in [2.05, 4.69) is 31.0 Å². The van der Waals surface area contributed by atoms with Crippen LogP contribution in [0.25, 0.3) is 10.9 Å². The molecule has 0 saturated carbocycles. The zero-order chi connectivity index (χ0) is 11.2. The molecule has 2 heteroatoms. The van der Waals surface area contributed by atoms with Crippen molar-refractivity contribution in [2.45, 2.75) is 33.8 Å². The van der Waals surface area contributed by atoms with Gasteiger partial charge in [-0.15, -0.1) is 0 Å². The van der Waals surface area contributed by atoms with Crippen molar-refractivity contribution in [3.8, 4) is 0 Å². The second kappa shape index (κ2) is 3.38. The molecule has 0 aliphatic carbocycles. The summed E-state index contributed by atoms with van der Waals surface area (Å²) in [6.07, 6.45) is -0.417. The van der Waals surface area contributed by atoms with E-state index in [4.69, 9.17) is 0 Å². The fourth-order valence-corrected chi connectivity index (χ4v) is 2.34. The van der Waals surface area contributed by atoms with Crippen molar-refractivity contribution in [2.75, 3.05) is 0 Å². The third kappa shape index (κ3) is 1.55. The lowest BCUT2D eigenvalue weighted by molar-refractivity contribution is 0.200. The van der Waals surface area contributed by atoms with Crippen LogP contribution in [-0.2, 0) is 0 Å². The first-order valence-electron chi connectivity index (χ1n) is 5.28. The van der Waals surface area contributed by atoms with E-state index in [-0.39, 0.29) is 0 Å². The van der Waals surface area contributed by atoms with Crippen LogP contribution < -0.4 is 0 Å². The standard InChI is InChI=1S/C13H17NO/c1-7-5-8(2)13-11(6-7)12(10(4)15)9(3)14-13/h5-6,10,14-15H,1-4H3. The summed E-state index contributed by atoms with van der Waals surface area (Å²) in [4.78, 5) is 3.34. The van der Waals surface area contributed by atoms with Crippen molar-refractivity contribution in [2.24, 2.45) is 0 Å². The van der Waals surface area contributed by atoms with E-state index < -0.39 is 6.10 Å². The molecule has 1 atom stereocenters. The number of hydrogen-bond donors (Lipinski definition) is 2. The second-order valence-corrected chi connectivity index (χ2v) is 4.34. The topological polar surface area (TPSA) is 36.0 Å². The first-order valence-corrected chi connectivity index (χ1v) is 5.28. The molecule has 2 nitrogen and oxygen atoms in total. The molecule has 1 aromatic carbocycles. The van der Waals surface area contributed by atoms with Crippen molar-refractivity contribution < 1.29 is 5.11 Å². The minimum absolute atomic E-state index is 0.417. The Kier molecular flexibility index (Phi) is 2.31. The molecule has 0 spiro atoms. The smallest absolute Gasteiger partial charge is 0.0785 e. The quantitative estimate of drug-likeness (QED) is 0.733. The number of aromatic amines is 1. The van der Waals surface area contributed by atoms with Gasteiger partial charge in [0.25, 0.3) is 0 Å². The Bertz CT molecular complexity index is 509. The van der Waals surface area contributed by atoms with Crippen LogP contribution in [-0.4, -0.2) is 10.1 Å². The lowest BCUT2D eigenvalue weighted by Gasteiger charge is -2.05. The van der Waals surface area contributed by atoms with Gasteiger partial charge in [-0.1, -0.05) is 11.6 Å². The summed E-state index contributed by atoms with van der Waals surface area (Å²) in [6.45, 7) is 8.00. The monoisotopic (exact) mass is 203 g/mol. The van der Waals surface area contributed by atoms with Gasteiger partial charge >= 0.3 is 0 Å². The lowest BCUT2D eigenvalue weighted by Crippen LogP contribution is -1.92. The summed E-state index contributed by atoms with van der Waals surface area (Å²) in [5.41, 5.74) is 5.71. The molecule has 0 radical (unpaired) electrons. The second-order valence-electron chi connectivity index (χ2n) is 4.34. The van der Waals surface area contributed by atoms with Crippen LogP contribution in [0.1, 0.15) is 35.4 Å². The molecular weight excluding hydrogens is 186 g/mol. The summed E-state index contributed by atoms with van der Waals surface area (Å²) in [5.74, 6) is 0. The molecule has 0 aliphatic rings. The number of H-pyrrole nitrogens is 1. The van der Waals surface area contributed by atoms with Gasteiger partial charge in [-0.05, 0) is 39.3 Å². The van der Waals surface area contributed by atoms with E-state index in [0.29, 0.717) is 0 Å². The van der Waals surface area contributed by atoms with E-state index in [1.165, 1.54) is 11.1 Å². The molecule has 1 unspecified atom stereocenters. The predicted molar refractivity (Wildman–Crippen MR) is 63.1 cm³/mol. The number of aryl methyl sites for hydroxylation is 3. The number of nitrogens with one attached hydrogen (secondary N) is 1. The molecule has 0 amide bonds. The molecule has 0 bridgehead atoms. The fourth-order valence-electron chi connectivity index (χ4n) is 2.34. The van der Waals surface area contributed by atoms with Crippen LogP contribution in [0.5, 0.6) is 0 Å². The zero-order valence-corrected chi connectivity index (χ0v) is 9.68. The van der Waals surface area contributed by atoms with Gasteiger partial charge in [0.15, 0.2) is 0 Å². The highest BCUT2D eigenvalue weighted by Gasteiger charge is 2.14. The molecule has 0 saturated heterocycles. The third-order valence-corrected chi connectivity index (χ3v) is 2.90. The fraction of sp³-hybridized carbons (Fsp3) is 0.385. The van der Waals surface area contributed by atoms with E-state index in [1.807, 2.05) is 13.8 Å². The summed E-state index contributed by atoms with van der Waals surface area (Å²) in [6, 6.07) is 4.29. The van der Waals surface area contributed by atoms with Crippen molar-refractivity contribution >= 4 is 10.9 Å². The summed E-state index contributed by atoms with van der Waals surface area (Å²) < 4.78 is 0. The molecule has 2 aromatic rings. The molecule has 1 aromatic heterocycles. The van der Waals surface area contributed by atoms with Crippen LogP contribution in [0.3, 0.4) is 0 Å². The number of fused-ring (bicyclic) bond motifs is 1. The lowest BCUT2D eigenvalue weighted by atomic mass is 10.0. The molecule has 2 N–H and O–H groups in total. The van der Waals surface area contributed by atoms with Gasteiger partial charge in [-0.25, -0.2) is 0 Å². The molecule has 0 fully saturated rings. The van der Waals surface area contributed by atoms with Gasteiger partial charge in [-0.2, -0.15) is 0 Å². The van der Waals surface area contributed by atoms with Crippen molar-refractivity contribution in [3.05, 3.63) is 34.5 Å². The SMILES string of the molecule is Cc1cc(C)c2[nH]c(C)c(C(C)O)c2c1. The minimum Gasteiger partial charge on any atom is -0.389 e. The van der Waals surface area contributed by atoms with Crippen LogP contribution >= 0.6 is 0 Å². The molecule has 1 heterocycles. The van der Waals surface area contributed by atoms with E-state index in [1.54, 1.807) is 0 Å². The Balaban J connectivity index is 2.86. The van der Waals surface area contributed by atoms with E-state index in [0.717, 1.165) is 22.2 Å². The molecule has 2 rings (SSSR count). The molecular formula is C13H17NO. The average molecular weight is 203 g/mol. The zero-order valence-electron chi connectivity index (χ0n) is 9.68. The highest BCUT2D eigenvalue weighted by Crippen LogP contribution is 2.30. The number of rotatable bonds is 1. The Morgan fingerprint density at radius 3 is 2.47 bits per heavy atom. The highest BCUT2D eigenvalue weighted by molar-refractivity contribution is 5.88. The van der Waals surface area contributed by atoms with Crippen molar-refractivity contribution in [1.29, 1.82) is 0 Å². The van der Waals surface area contributed by atoms with Gasteiger partial charge in [0.1, 0.15) is 0 Å². The van der Waals surface area contributed by atoms with Crippen LogP contribution in [0, 0.1) is 20.8 Å². The number of hydrogen-bond acceptors (Lipinski definition) is 1. The summed E-state index contributed by atoms with van der Waals surface area (Å²) in [7, 11) is 0. The number of benzene rings is 1. The molecule has 15 heavy (non-hydrogen) atoms. The first kappa shape index (κ1) is 10.2. The Morgan fingerprint density at radius 1 is 1.20 bits per heavy atom. The summed E-state index contributed by atoms with van der Waals surface area (Å²) >= 11 is 0. The Hall–Kier alpha value is -1.28. The average Bonchev–Trinajstić information content (AvgIpc) is 2.41. The van der Waals surface area contributed by atoms with Crippen molar-refractivity contribution in [3.63, 3.8) is 0 Å². The molecule has 0 aliphatic heterocycles. The highest BCUT2D eigenvalue weighted by atomic mass is 16.3. The van der Waals surface area contributed by atoms with E-state index >= 15 is 0 Å². The number of aromatic nitrogens is 1.